The Balaban J connectivity index is 1.71. The van der Waals surface area contributed by atoms with Gasteiger partial charge in [-0.05, 0) is 49.7 Å². The minimum absolute atomic E-state index is 0.0925. The van der Waals surface area contributed by atoms with Crippen molar-refractivity contribution in [2.45, 2.75) is 33.2 Å². The van der Waals surface area contributed by atoms with Gasteiger partial charge in [0.1, 0.15) is 29.3 Å². The molecule has 3 aromatic heterocycles. The summed E-state index contributed by atoms with van der Waals surface area (Å²) in [5, 5.41) is 0.876. The molecule has 0 bridgehead atoms. The lowest BCUT2D eigenvalue weighted by Gasteiger charge is -2.19. The first-order valence-electron chi connectivity index (χ1n) is 11.9. The third kappa shape index (κ3) is 5.39. The predicted molar refractivity (Wildman–Crippen MR) is 141 cm³/mol. The summed E-state index contributed by atoms with van der Waals surface area (Å²) in [7, 11) is 5.58. The summed E-state index contributed by atoms with van der Waals surface area (Å²) in [6.45, 7) is 3.73. The minimum atomic E-state index is -4.74. The molecular formula is C28H28F3N5O2. The number of aliphatic imine (C=N–C) groups is 1. The number of para-hydroxylation sites is 1. The van der Waals surface area contributed by atoms with Crippen LogP contribution in [0.4, 0.5) is 13.2 Å². The van der Waals surface area contributed by atoms with E-state index in [0.717, 1.165) is 38.7 Å². The van der Waals surface area contributed by atoms with Crippen molar-refractivity contribution in [3.63, 3.8) is 0 Å². The van der Waals surface area contributed by atoms with Gasteiger partial charge in [0.2, 0.25) is 0 Å². The average Bonchev–Trinajstić information content (AvgIpc) is 2.84. The number of benzene rings is 1. The molecule has 0 fully saturated rings. The summed E-state index contributed by atoms with van der Waals surface area (Å²) >= 11 is 0. The number of hydrogen-bond donors (Lipinski definition) is 0. The molecule has 0 atom stereocenters. The molecule has 3 heterocycles. The number of halogens is 3. The Kier molecular flexibility index (Phi) is 7.52. The maximum Gasteiger partial charge on any atom is 0.421 e. The lowest BCUT2D eigenvalue weighted by Crippen LogP contribution is -2.29. The molecule has 0 saturated heterocycles. The van der Waals surface area contributed by atoms with Crippen LogP contribution in [0.25, 0.3) is 10.9 Å². The van der Waals surface area contributed by atoms with Crippen LogP contribution >= 0.6 is 0 Å². The summed E-state index contributed by atoms with van der Waals surface area (Å²) in [4.78, 5) is 27.9. The van der Waals surface area contributed by atoms with E-state index in [1.165, 1.54) is 12.3 Å². The van der Waals surface area contributed by atoms with Crippen molar-refractivity contribution < 1.29 is 17.9 Å². The first-order valence-corrected chi connectivity index (χ1v) is 11.9. The van der Waals surface area contributed by atoms with E-state index in [-0.39, 0.29) is 13.2 Å². The minimum Gasteiger partial charge on any atom is -0.487 e. The van der Waals surface area contributed by atoms with Crippen molar-refractivity contribution >= 4 is 16.7 Å². The number of aryl methyl sites for hydroxylation is 2. The number of rotatable bonds is 6. The lowest BCUT2D eigenvalue weighted by atomic mass is 10.1. The molecule has 0 saturated carbocycles. The summed E-state index contributed by atoms with van der Waals surface area (Å²) < 4.78 is 47.0. The average molecular weight is 524 g/mol. The third-order valence-corrected chi connectivity index (χ3v) is 6.20. The fraction of sp³-hybridized carbons (Fsp3) is 0.286. The molecule has 0 aliphatic rings. The second-order valence-corrected chi connectivity index (χ2v) is 9.10. The Morgan fingerprint density at radius 3 is 2.58 bits per heavy atom. The zero-order valence-corrected chi connectivity index (χ0v) is 21.8. The first kappa shape index (κ1) is 26.8. The number of alkyl halides is 3. The Bertz CT molecular complexity index is 1580. The van der Waals surface area contributed by atoms with Gasteiger partial charge in [-0.3, -0.25) is 14.8 Å². The highest BCUT2D eigenvalue weighted by molar-refractivity contribution is 6.09. The van der Waals surface area contributed by atoms with Crippen LogP contribution in [0.2, 0.25) is 0 Å². The molecule has 1 aromatic carbocycles. The number of amidine groups is 1. The molecule has 10 heteroatoms. The fourth-order valence-corrected chi connectivity index (χ4v) is 4.38. The highest BCUT2D eigenvalue weighted by Crippen LogP contribution is 2.30. The van der Waals surface area contributed by atoms with E-state index in [9.17, 15) is 18.0 Å². The molecule has 0 radical (unpaired) electrons. The van der Waals surface area contributed by atoms with E-state index in [1.807, 2.05) is 57.1 Å². The second kappa shape index (κ2) is 10.6. The molecule has 0 amide bonds. The molecule has 0 N–H and O–H groups in total. The number of hydrogen-bond acceptors (Lipinski definition) is 5. The number of fused-ring (bicyclic) bond motifs is 1. The third-order valence-electron chi connectivity index (χ3n) is 6.20. The molecule has 7 nitrogen and oxygen atoms in total. The van der Waals surface area contributed by atoms with E-state index in [4.69, 9.17) is 9.72 Å². The van der Waals surface area contributed by atoms with Gasteiger partial charge in [-0.25, -0.2) is 4.98 Å². The van der Waals surface area contributed by atoms with Crippen LogP contribution in [-0.2, 0) is 19.3 Å². The molecule has 0 unspecified atom stereocenters. The molecule has 0 aliphatic carbocycles. The van der Waals surface area contributed by atoms with Crippen LogP contribution in [0.15, 0.2) is 64.6 Å². The van der Waals surface area contributed by atoms with Gasteiger partial charge in [0.25, 0.3) is 5.56 Å². The van der Waals surface area contributed by atoms with Crippen molar-refractivity contribution in [2.75, 3.05) is 21.1 Å². The van der Waals surface area contributed by atoms with E-state index in [0.29, 0.717) is 22.5 Å². The molecule has 38 heavy (non-hydrogen) atoms. The topological polar surface area (TPSA) is 72.6 Å². The zero-order valence-electron chi connectivity index (χ0n) is 21.8. The van der Waals surface area contributed by atoms with E-state index < -0.39 is 17.3 Å². The SMILES string of the molecule is C/N=C(/c1cc(C)nc2c(OCc3c(C)ccnc3Cn3cccc(C(F)(F)F)c3=O)cccc12)N(C)C. The van der Waals surface area contributed by atoms with Crippen LogP contribution in [0.3, 0.4) is 0 Å². The predicted octanol–water partition coefficient (Wildman–Crippen LogP) is 4.99. The van der Waals surface area contributed by atoms with E-state index >= 15 is 0 Å². The van der Waals surface area contributed by atoms with Crippen LogP contribution < -0.4 is 10.3 Å². The summed E-state index contributed by atoms with van der Waals surface area (Å²) in [5.41, 5.74) is 2.03. The first-order chi connectivity index (χ1) is 18.0. The van der Waals surface area contributed by atoms with Crippen molar-refractivity contribution in [3.8, 4) is 5.75 Å². The van der Waals surface area contributed by atoms with Gasteiger partial charge < -0.3 is 14.2 Å². The van der Waals surface area contributed by atoms with Gasteiger partial charge in [-0.1, -0.05) is 12.1 Å². The number of pyridine rings is 3. The summed E-state index contributed by atoms with van der Waals surface area (Å²) in [5.74, 6) is 1.35. The van der Waals surface area contributed by atoms with Gasteiger partial charge in [0.05, 0.1) is 12.2 Å². The molecule has 4 aromatic rings. The van der Waals surface area contributed by atoms with Gasteiger partial charge in [-0.2, -0.15) is 13.2 Å². The van der Waals surface area contributed by atoms with Crippen molar-refractivity contribution in [3.05, 3.63) is 98.9 Å². The van der Waals surface area contributed by atoms with Gasteiger partial charge in [0, 0.05) is 55.7 Å². The highest BCUT2D eigenvalue weighted by atomic mass is 19.4. The Morgan fingerprint density at radius 1 is 1.13 bits per heavy atom. The summed E-state index contributed by atoms with van der Waals surface area (Å²) in [6.07, 6.45) is -1.85. The van der Waals surface area contributed by atoms with Crippen LogP contribution in [0.1, 0.15) is 33.6 Å². The van der Waals surface area contributed by atoms with Crippen LogP contribution in [0, 0.1) is 13.8 Å². The van der Waals surface area contributed by atoms with E-state index in [1.54, 1.807) is 19.3 Å². The number of aromatic nitrogens is 3. The fourth-order valence-electron chi connectivity index (χ4n) is 4.38. The molecular weight excluding hydrogens is 495 g/mol. The summed E-state index contributed by atoms with van der Waals surface area (Å²) in [6, 6.07) is 11.4. The Labute approximate surface area is 218 Å². The van der Waals surface area contributed by atoms with Gasteiger partial charge >= 0.3 is 6.18 Å². The van der Waals surface area contributed by atoms with Crippen LogP contribution in [0.5, 0.6) is 5.75 Å². The van der Waals surface area contributed by atoms with Crippen molar-refractivity contribution in [1.82, 2.24) is 19.4 Å². The smallest absolute Gasteiger partial charge is 0.421 e. The highest BCUT2D eigenvalue weighted by Gasteiger charge is 2.34. The normalized spacial score (nSPS) is 12.2. The quantitative estimate of drug-likeness (QED) is 0.263. The Morgan fingerprint density at radius 2 is 1.89 bits per heavy atom. The van der Waals surface area contributed by atoms with Crippen LogP contribution in [-0.4, -0.2) is 46.4 Å². The van der Waals surface area contributed by atoms with Crippen molar-refractivity contribution in [1.29, 1.82) is 0 Å². The zero-order chi connectivity index (χ0) is 27.6. The Hall–Kier alpha value is -4.21. The number of nitrogens with zero attached hydrogens (tertiary/aromatic N) is 5. The van der Waals surface area contributed by atoms with Crippen molar-refractivity contribution in [2.24, 2.45) is 4.99 Å². The van der Waals surface area contributed by atoms with Gasteiger partial charge in [-0.15, -0.1) is 0 Å². The molecule has 4 rings (SSSR count). The maximum absolute atomic E-state index is 13.3. The van der Waals surface area contributed by atoms with Gasteiger partial charge in [0.15, 0.2) is 0 Å². The molecule has 0 spiro atoms. The molecule has 0 aliphatic heterocycles. The number of ether oxygens (including phenoxy) is 1. The molecule has 198 valence electrons. The maximum atomic E-state index is 13.3. The van der Waals surface area contributed by atoms with E-state index in [2.05, 4.69) is 9.98 Å². The standard InChI is InChI=1S/C28H28F3N5O2/c1-17-11-12-33-23(15-36-13-7-9-22(27(36)37)28(29,30)31)21(17)16-38-24-10-6-8-19-20(26(32-3)35(4)5)14-18(2)34-25(19)24/h6-14H,15-16H2,1-5H3/b32-26-. The largest absolute Gasteiger partial charge is 0.487 e. The lowest BCUT2D eigenvalue weighted by molar-refractivity contribution is -0.138. The monoisotopic (exact) mass is 523 g/mol. The second-order valence-electron chi connectivity index (χ2n) is 9.10.